The molecule has 0 atom stereocenters. The van der Waals surface area contributed by atoms with Crippen molar-refractivity contribution in [2.75, 3.05) is 13.7 Å². The highest BCUT2D eigenvalue weighted by Crippen LogP contribution is 2.32. The third kappa shape index (κ3) is 5.81. The Morgan fingerprint density at radius 3 is 2.35 bits per heavy atom. The van der Waals surface area contributed by atoms with Crippen molar-refractivity contribution in [3.8, 4) is 23.2 Å². The van der Waals surface area contributed by atoms with Gasteiger partial charge in [0.1, 0.15) is 0 Å². The molecule has 0 aliphatic heterocycles. The number of aromatic nitrogens is 4. The monoisotopic (exact) mass is 436 g/mol. The fourth-order valence-electron chi connectivity index (χ4n) is 3.09. The zero-order valence-corrected chi connectivity index (χ0v) is 17.9. The minimum absolute atomic E-state index is 0. The van der Waals surface area contributed by atoms with Crippen molar-refractivity contribution in [2.45, 2.75) is 13.0 Å². The van der Waals surface area contributed by atoms with Crippen LogP contribution in [-0.2, 0) is 13.0 Å². The van der Waals surface area contributed by atoms with E-state index in [1.54, 1.807) is 11.8 Å². The third-order valence-corrected chi connectivity index (χ3v) is 4.63. The average Bonchev–Trinajstić information content (AvgIpc) is 3.27. The first kappa shape index (κ1) is 22.3. The van der Waals surface area contributed by atoms with Crippen molar-refractivity contribution in [3.63, 3.8) is 0 Å². The van der Waals surface area contributed by atoms with E-state index in [-0.39, 0.29) is 18.4 Å². The number of nitrogens with zero attached hydrogens (tertiary/aromatic N) is 4. The molecule has 0 aliphatic rings. The number of tetrazole rings is 1. The first-order chi connectivity index (χ1) is 14.8. The molecule has 7 nitrogen and oxygen atoms in total. The van der Waals surface area contributed by atoms with Gasteiger partial charge in [-0.25, -0.2) is 0 Å². The van der Waals surface area contributed by atoms with Gasteiger partial charge in [-0.3, -0.25) is 0 Å². The molecular formula is C23H23ClN5O2-. The lowest BCUT2D eigenvalue weighted by Crippen LogP contribution is -3.00. The smallest absolute Gasteiger partial charge is 0.346 e. The predicted octanol–water partition coefficient (Wildman–Crippen LogP) is 0.799. The second kappa shape index (κ2) is 11.1. The van der Waals surface area contributed by atoms with Crippen molar-refractivity contribution in [2.24, 2.45) is 0 Å². The average molecular weight is 437 g/mol. The predicted molar refractivity (Wildman–Crippen MR) is 114 cm³/mol. The van der Waals surface area contributed by atoms with Crippen LogP contribution in [0.3, 0.4) is 0 Å². The molecule has 3 aromatic carbocycles. The number of nitrogens with one attached hydrogen (secondary N) is 1. The molecular weight excluding hydrogens is 414 g/mol. The molecule has 0 spiro atoms. The summed E-state index contributed by atoms with van der Waals surface area (Å²) in [6.07, 6.45) is 0.987. The molecule has 1 N–H and O–H groups in total. The van der Waals surface area contributed by atoms with Gasteiger partial charge >= 0.3 is 6.01 Å². The number of hydrogen-bond acceptors (Lipinski definition) is 6. The van der Waals surface area contributed by atoms with Crippen LogP contribution in [0.1, 0.15) is 11.1 Å². The zero-order valence-electron chi connectivity index (χ0n) is 17.1. The van der Waals surface area contributed by atoms with E-state index in [0.29, 0.717) is 11.5 Å². The molecule has 0 saturated heterocycles. The lowest BCUT2D eigenvalue weighted by Gasteiger charge is -2.12. The van der Waals surface area contributed by atoms with Crippen molar-refractivity contribution in [3.05, 3.63) is 90.0 Å². The number of benzene rings is 3. The first-order valence-corrected chi connectivity index (χ1v) is 9.77. The molecule has 0 aliphatic carbocycles. The van der Waals surface area contributed by atoms with Crippen LogP contribution < -0.4 is 27.2 Å². The fourth-order valence-corrected chi connectivity index (χ4v) is 3.09. The third-order valence-electron chi connectivity index (χ3n) is 4.63. The van der Waals surface area contributed by atoms with Crippen molar-refractivity contribution >= 4 is 0 Å². The molecule has 31 heavy (non-hydrogen) atoms. The largest absolute Gasteiger partial charge is 1.00 e. The topological polar surface area (TPSA) is 74.1 Å². The normalized spacial score (nSPS) is 10.4. The molecule has 1 heterocycles. The number of ether oxygens (including phenoxy) is 2. The number of rotatable bonds is 9. The van der Waals surface area contributed by atoms with Gasteiger partial charge in [0.25, 0.3) is 0 Å². The quantitative estimate of drug-likeness (QED) is 0.391. The van der Waals surface area contributed by atoms with Gasteiger partial charge in [0.05, 0.1) is 12.8 Å². The van der Waals surface area contributed by atoms with Crippen LogP contribution in [-0.4, -0.2) is 33.9 Å². The summed E-state index contributed by atoms with van der Waals surface area (Å²) >= 11 is 0. The molecule has 0 amide bonds. The standard InChI is InChI=1S/C23H23N5O2.ClH/c1-29-22-16-19(17-24-15-14-18-8-4-2-5-9-18)12-13-21(22)30-23-25-26-27-28(23)20-10-6-3-7-11-20;/h2-13,16,24H,14-15,17H2,1H3;1H/p-1. The molecule has 0 bridgehead atoms. The number of halogens is 1. The molecule has 8 heteroatoms. The summed E-state index contributed by atoms with van der Waals surface area (Å²) in [5.41, 5.74) is 3.24. The lowest BCUT2D eigenvalue weighted by molar-refractivity contribution is -0.00000701. The zero-order chi connectivity index (χ0) is 20.6. The fraction of sp³-hybridized carbons (Fsp3) is 0.174. The van der Waals surface area contributed by atoms with E-state index in [1.165, 1.54) is 5.56 Å². The van der Waals surface area contributed by atoms with Crippen molar-refractivity contribution < 1.29 is 21.9 Å². The maximum atomic E-state index is 5.95. The van der Waals surface area contributed by atoms with Crippen molar-refractivity contribution in [1.82, 2.24) is 25.5 Å². The summed E-state index contributed by atoms with van der Waals surface area (Å²) in [5, 5.41) is 15.2. The summed E-state index contributed by atoms with van der Waals surface area (Å²) in [6.45, 7) is 1.64. The number of hydrogen-bond donors (Lipinski definition) is 1. The van der Waals surface area contributed by atoms with E-state index in [1.807, 2.05) is 54.6 Å². The van der Waals surface area contributed by atoms with E-state index in [4.69, 9.17) is 9.47 Å². The lowest BCUT2D eigenvalue weighted by atomic mass is 10.1. The van der Waals surface area contributed by atoms with Gasteiger partial charge in [0.2, 0.25) is 0 Å². The molecule has 0 unspecified atom stereocenters. The van der Waals surface area contributed by atoms with Gasteiger partial charge in [0, 0.05) is 6.54 Å². The highest BCUT2D eigenvalue weighted by molar-refractivity contribution is 5.44. The van der Waals surface area contributed by atoms with Gasteiger partial charge in [-0.2, -0.15) is 4.68 Å². The highest BCUT2D eigenvalue weighted by atomic mass is 35.5. The Morgan fingerprint density at radius 1 is 0.871 bits per heavy atom. The Morgan fingerprint density at radius 2 is 1.61 bits per heavy atom. The van der Waals surface area contributed by atoms with Crippen LogP contribution in [0.2, 0.25) is 0 Å². The van der Waals surface area contributed by atoms with Gasteiger partial charge in [0.15, 0.2) is 11.5 Å². The summed E-state index contributed by atoms with van der Waals surface area (Å²) in [5.74, 6) is 1.18. The molecule has 160 valence electrons. The Labute approximate surface area is 187 Å². The van der Waals surface area contributed by atoms with Gasteiger partial charge in [-0.05, 0) is 58.8 Å². The molecule has 0 saturated carbocycles. The van der Waals surface area contributed by atoms with Crippen LogP contribution in [0.4, 0.5) is 0 Å². The maximum Gasteiger partial charge on any atom is 0.346 e. The van der Waals surface area contributed by atoms with Gasteiger partial charge in [-0.15, -0.1) is 0 Å². The SMILES string of the molecule is COc1cc(CNCCc2ccccc2)ccc1Oc1nnnn1-c1ccccc1.[Cl-]. The molecule has 1 aromatic heterocycles. The second-order valence-electron chi connectivity index (χ2n) is 6.71. The highest BCUT2D eigenvalue weighted by Gasteiger charge is 2.14. The maximum absolute atomic E-state index is 5.95. The molecule has 4 rings (SSSR count). The van der Waals surface area contributed by atoms with Gasteiger partial charge in [-0.1, -0.05) is 59.7 Å². The summed E-state index contributed by atoms with van der Waals surface area (Å²) < 4.78 is 13.0. The van der Waals surface area contributed by atoms with Crippen LogP contribution >= 0.6 is 0 Å². The number of methoxy groups -OCH3 is 1. The van der Waals surface area contributed by atoms with E-state index < -0.39 is 0 Å². The summed E-state index contributed by atoms with van der Waals surface area (Å²) in [7, 11) is 1.62. The minimum Gasteiger partial charge on any atom is -1.00 e. The van der Waals surface area contributed by atoms with E-state index >= 15 is 0 Å². The summed E-state index contributed by atoms with van der Waals surface area (Å²) in [6, 6.07) is 26.1. The summed E-state index contributed by atoms with van der Waals surface area (Å²) in [4.78, 5) is 0. The molecule has 4 aromatic rings. The van der Waals surface area contributed by atoms with E-state index in [2.05, 4.69) is 45.1 Å². The van der Waals surface area contributed by atoms with E-state index in [9.17, 15) is 0 Å². The van der Waals surface area contributed by atoms with Crippen molar-refractivity contribution in [1.29, 1.82) is 0 Å². The Hall–Kier alpha value is -3.42. The van der Waals surface area contributed by atoms with E-state index in [0.717, 1.165) is 30.8 Å². The Balaban J connectivity index is 0.00000272. The number of para-hydroxylation sites is 1. The van der Waals surface area contributed by atoms with Crippen LogP contribution in [0, 0.1) is 0 Å². The second-order valence-corrected chi connectivity index (χ2v) is 6.71. The Bertz CT molecular complexity index is 1070. The van der Waals surface area contributed by atoms with Gasteiger partial charge < -0.3 is 27.2 Å². The molecule has 0 radical (unpaired) electrons. The van der Waals surface area contributed by atoms with Crippen LogP contribution in [0.15, 0.2) is 78.9 Å². The molecule has 0 fully saturated rings. The minimum atomic E-state index is 0. The first-order valence-electron chi connectivity index (χ1n) is 9.77. The Kier molecular flexibility index (Phi) is 7.98. The van der Waals surface area contributed by atoms with Crippen LogP contribution in [0.25, 0.3) is 5.69 Å². The van der Waals surface area contributed by atoms with Crippen LogP contribution in [0.5, 0.6) is 17.5 Å².